The number of carbonyl (C=O) groups is 1. The summed E-state index contributed by atoms with van der Waals surface area (Å²) in [6.07, 6.45) is 3.59. The molecule has 3 aromatic rings. The van der Waals surface area contributed by atoms with Crippen LogP contribution in [0, 0.1) is 0 Å². The molecule has 0 aliphatic carbocycles. The van der Waals surface area contributed by atoms with Crippen LogP contribution in [0.15, 0.2) is 47.2 Å². The van der Waals surface area contributed by atoms with Crippen molar-refractivity contribution in [2.75, 3.05) is 6.61 Å². The second kappa shape index (κ2) is 9.05. The predicted octanol–water partition coefficient (Wildman–Crippen LogP) is 5.49. The Morgan fingerprint density at radius 2 is 2.10 bits per heavy atom. The molecule has 3 rings (SSSR count). The van der Waals surface area contributed by atoms with Gasteiger partial charge in [-0.25, -0.2) is 9.78 Å². The van der Waals surface area contributed by atoms with E-state index in [0.717, 1.165) is 16.5 Å². The highest BCUT2D eigenvalue weighted by Crippen LogP contribution is 2.25. The van der Waals surface area contributed by atoms with Crippen molar-refractivity contribution in [1.82, 2.24) is 15.3 Å². The Balaban J connectivity index is 1.75. The summed E-state index contributed by atoms with van der Waals surface area (Å²) >= 11 is 9.27. The van der Waals surface area contributed by atoms with Gasteiger partial charge in [-0.2, -0.15) is 0 Å². The highest BCUT2D eigenvalue weighted by molar-refractivity contribution is 9.10. The van der Waals surface area contributed by atoms with Crippen molar-refractivity contribution in [3.8, 4) is 5.75 Å². The van der Waals surface area contributed by atoms with Crippen LogP contribution >= 0.6 is 27.5 Å². The minimum atomic E-state index is -0.582. The van der Waals surface area contributed by atoms with Gasteiger partial charge < -0.3 is 19.8 Å². The molecule has 29 heavy (non-hydrogen) atoms. The van der Waals surface area contributed by atoms with Gasteiger partial charge in [-0.3, -0.25) is 0 Å². The molecule has 0 radical (unpaired) electrons. The van der Waals surface area contributed by atoms with Crippen LogP contribution in [0.4, 0.5) is 4.79 Å². The summed E-state index contributed by atoms with van der Waals surface area (Å²) < 4.78 is 11.9. The van der Waals surface area contributed by atoms with Gasteiger partial charge in [-0.05, 0) is 60.8 Å². The average molecular weight is 481 g/mol. The first kappa shape index (κ1) is 21.5. The number of para-hydroxylation sites is 1. The summed E-state index contributed by atoms with van der Waals surface area (Å²) in [6, 6.07) is 9.47. The number of amides is 1. The van der Waals surface area contributed by atoms with Crippen LogP contribution in [0.2, 0.25) is 5.15 Å². The van der Waals surface area contributed by atoms with Crippen molar-refractivity contribution in [1.29, 1.82) is 0 Å². The molecule has 2 aromatic heterocycles. The third kappa shape index (κ3) is 6.11. The van der Waals surface area contributed by atoms with Crippen LogP contribution in [0.5, 0.6) is 5.75 Å². The van der Waals surface area contributed by atoms with E-state index in [1.54, 1.807) is 12.3 Å². The molecular weight excluding hydrogens is 458 g/mol. The molecule has 0 saturated carbocycles. The van der Waals surface area contributed by atoms with Crippen LogP contribution in [0.3, 0.4) is 0 Å². The average Bonchev–Trinajstić information content (AvgIpc) is 3.04. The van der Waals surface area contributed by atoms with Crippen molar-refractivity contribution in [2.24, 2.45) is 0 Å². The number of halogens is 2. The van der Waals surface area contributed by atoms with Gasteiger partial charge in [0.15, 0.2) is 0 Å². The number of aromatic nitrogens is 2. The minimum Gasteiger partial charge on any atom is -0.490 e. The zero-order valence-electron chi connectivity index (χ0n) is 16.5. The summed E-state index contributed by atoms with van der Waals surface area (Å²) in [4.78, 5) is 19.7. The van der Waals surface area contributed by atoms with Gasteiger partial charge in [0.1, 0.15) is 23.1 Å². The third-order valence-corrected chi connectivity index (χ3v) is 5.22. The van der Waals surface area contributed by atoms with E-state index >= 15 is 0 Å². The lowest BCUT2D eigenvalue weighted by Gasteiger charge is -2.24. The standard InChI is InChI=1S/C21H23BrClN3O3/c1-21(2,3)29-20(27)26-14(12-28-15-9-17(22)19(23)25-11-15)8-13-10-24-18-7-5-4-6-16(13)18/h4-7,9-11,14,24H,8,12H2,1-3H3,(H,26,27)/t14-/m0/s1. The number of carbonyl (C=O) groups excluding carboxylic acids is 1. The number of aromatic amines is 1. The second-order valence-electron chi connectivity index (χ2n) is 7.66. The van der Waals surface area contributed by atoms with Crippen molar-refractivity contribution in [2.45, 2.75) is 38.8 Å². The number of benzene rings is 1. The van der Waals surface area contributed by atoms with E-state index < -0.39 is 11.7 Å². The molecular formula is C21H23BrClN3O3. The Morgan fingerprint density at radius 1 is 1.34 bits per heavy atom. The zero-order valence-corrected chi connectivity index (χ0v) is 18.8. The Morgan fingerprint density at radius 3 is 2.83 bits per heavy atom. The zero-order chi connectivity index (χ0) is 21.0. The molecule has 0 bridgehead atoms. The number of ether oxygens (including phenoxy) is 2. The fourth-order valence-corrected chi connectivity index (χ4v) is 3.30. The number of pyridine rings is 1. The van der Waals surface area contributed by atoms with Crippen molar-refractivity contribution >= 4 is 44.5 Å². The summed E-state index contributed by atoms with van der Waals surface area (Å²) in [5, 5.41) is 4.39. The molecule has 8 heteroatoms. The maximum absolute atomic E-state index is 12.3. The molecule has 0 unspecified atom stereocenters. The van der Waals surface area contributed by atoms with E-state index in [1.165, 1.54) is 0 Å². The summed E-state index contributed by atoms with van der Waals surface area (Å²) in [7, 11) is 0. The number of rotatable bonds is 6. The minimum absolute atomic E-state index is 0.245. The summed E-state index contributed by atoms with van der Waals surface area (Å²) in [5.74, 6) is 0.552. The largest absolute Gasteiger partial charge is 0.490 e. The topological polar surface area (TPSA) is 76.2 Å². The molecule has 154 valence electrons. The number of H-pyrrole nitrogens is 1. The Labute approximate surface area is 183 Å². The number of nitrogens with zero attached hydrogens (tertiary/aromatic N) is 1. The maximum atomic E-state index is 12.3. The highest BCUT2D eigenvalue weighted by Gasteiger charge is 2.21. The van der Waals surface area contributed by atoms with Crippen LogP contribution < -0.4 is 10.1 Å². The third-order valence-electron chi connectivity index (χ3n) is 4.08. The Kier molecular flexibility index (Phi) is 6.70. The van der Waals surface area contributed by atoms with Gasteiger partial charge in [-0.15, -0.1) is 0 Å². The SMILES string of the molecule is CC(C)(C)OC(=O)N[C@H](COc1cnc(Cl)c(Br)c1)Cc1c[nH]c2ccccc12. The van der Waals surface area contributed by atoms with Crippen molar-refractivity contribution < 1.29 is 14.3 Å². The van der Waals surface area contributed by atoms with Crippen LogP contribution in [0.25, 0.3) is 10.9 Å². The van der Waals surface area contributed by atoms with E-state index in [0.29, 0.717) is 21.8 Å². The van der Waals surface area contributed by atoms with Crippen molar-refractivity contribution in [3.63, 3.8) is 0 Å². The normalized spacial score (nSPS) is 12.6. The number of hydrogen-bond donors (Lipinski definition) is 2. The molecule has 1 amide bonds. The molecule has 2 heterocycles. The monoisotopic (exact) mass is 479 g/mol. The van der Waals surface area contributed by atoms with Crippen LogP contribution in [0.1, 0.15) is 26.3 Å². The number of nitrogens with one attached hydrogen (secondary N) is 2. The van der Waals surface area contributed by atoms with E-state index in [2.05, 4.69) is 31.2 Å². The first-order chi connectivity index (χ1) is 13.7. The molecule has 6 nitrogen and oxygen atoms in total. The Bertz CT molecular complexity index is 1000. The number of hydrogen-bond acceptors (Lipinski definition) is 4. The molecule has 2 N–H and O–H groups in total. The molecule has 0 spiro atoms. The quantitative estimate of drug-likeness (QED) is 0.457. The maximum Gasteiger partial charge on any atom is 0.408 e. The fourth-order valence-electron chi connectivity index (χ4n) is 2.87. The smallest absolute Gasteiger partial charge is 0.408 e. The van der Waals surface area contributed by atoms with Gasteiger partial charge >= 0.3 is 6.09 Å². The van der Waals surface area contributed by atoms with Gasteiger partial charge in [0.25, 0.3) is 0 Å². The molecule has 1 atom stereocenters. The summed E-state index contributed by atoms with van der Waals surface area (Å²) in [6.45, 7) is 5.73. The van der Waals surface area contributed by atoms with E-state index in [1.807, 2.05) is 51.2 Å². The van der Waals surface area contributed by atoms with E-state index in [-0.39, 0.29) is 12.6 Å². The first-order valence-electron chi connectivity index (χ1n) is 9.19. The van der Waals surface area contributed by atoms with Gasteiger partial charge in [-0.1, -0.05) is 29.8 Å². The highest BCUT2D eigenvalue weighted by atomic mass is 79.9. The number of fused-ring (bicyclic) bond motifs is 1. The lowest BCUT2D eigenvalue weighted by molar-refractivity contribution is 0.0488. The first-order valence-corrected chi connectivity index (χ1v) is 10.4. The van der Waals surface area contributed by atoms with Gasteiger partial charge in [0, 0.05) is 17.1 Å². The van der Waals surface area contributed by atoms with E-state index in [9.17, 15) is 4.79 Å². The number of alkyl carbamates (subject to hydrolysis) is 1. The van der Waals surface area contributed by atoms with Crippen molar-refractivity contribution in [3.05, 3.63) is 57.9 Å². The van der Waals surface area contributed by atoms with Crippen LogP contribution in [-0.2, 0) is 11.2 Å². The fraction of sp³-hybridized carbons (Fsp3) is 0.333. The van der Waals surface area contributed by atoms with Crippen LogP contribution in [-0.4, -0.2) is 34.3 Å². The summed E-state index contributed by atoms with van der Waals surface area (Å²) in [5.41, 5.74) is 1.55. The van der Waals surface area contributed by atoms with Gasteiger partial charge in [0.2, 0.25) is 0 Å². The van der Waals surface area contributed by atoms with Gasteiger partial charge in [0.05, 0.1) is 16.7 Å². The Hall–Kier alpha value is -2.25. The molecule has 0 saturated heterocycles. The second-order valence-corrected chi connectivity index (χ2v) is 8.87. The molecule has 0 aliphatic rings. The molecule has 1 aromatic carbocycles. The molecule has 0 aliphatic heterocycles. The van der Waals surface area contributed by atoms with E-state index in [4.69, 9.17) is 21.1 Å². The molecule has 0 fully saturated rings. The predicted molar refractivity (Wildman–Crippen MR) is 118 cm³/mol. The lowest BCUT2D eigenvalue weighted by Crippen LogP contribution is -2.43. The lowest BCUT2D eigenvalue weighted by atomic mass is 10.1.